The first kappa shape index (κ1) is 11.8. The Hall–Kier alpha value is -2.23. The zero-order valence-corrected chi connectivity index (χ0v) is 8.68. The minimum absolute atomic E-state index is 0.0761. The van der Waals surface area contributed by atoms with Gasteiger partial charge >= 0.3 is 0 Å². The third kappa shape index (κ3) is 3.16. The minimum atomic E-state index is -0.317. The molecule has 0 aliphatic rings. The SMILES string of the molecule is C=CCNC(=O)/C=C/c1c(O)cccc1O. The predicted molar refractivity (Wildman–Crippen MR) is 62.0 cm³/mol. The van der Waals surface area contributed by atoms with Crippen LogP contribution >= 0.6 is 0 Å². The van der Waals surface area contributed by atoms with Gasteiger partial charge in [0.25, 0.3) is 0 Å². The molecule has 1 aromatic carbocycles. The molecular weight excluding hydrogens is 206 g/mol. The number of rotatable bonds is 4. The zero-order chi connectivity index (χ0) is 12.0. The zero-order valence-electron chi connectivity index (χ0n) is 8.68. The van der Waals surface area contributed by atoms with Crippen LogP contribution in [0.25, 0.3) is 6.08 Å². The lowest BCUT2D eigenvalue weighted by molar-refractivity contribution is -0.116. The number of aromatic hydroxyl groups is 2. The lowest BCUT2D eigenvalue weighted by atomic mass is 10.1. The molecule has 0 radical (unpaired) electrons. The van der Waals surface area contributed by atoms with Gasteiger partial charge in [0.05, 0.1) is 5.56 Å². The minimum Gasteiger partial charge on any atom is -0.507 e. The van der Waals surface area contributed by atoms with E-state index in [-0.39, 0.29) is 23.0 Å². The molecule has 0 fully saturated rings. The largest absolute Gasteiger partial charge is 0.507 e. The monoisotopic (exact) mass is 219 g/mol. The van der Waals surface area contributed by atoms with E-state index < -0.39 is 0 Å². The molecule has 1 rings (SSSR count). The maximum Gasteiger partial charge on any atom is 0.244 e. The van der Waals surface area contributed by atoms with E-state index >= 15 is 0 Å². The molecule has 3 N–H and O–H groups in total. The molecule has 0 atom stereocenters. The average molecular weight is 219 g/mol. The van der Waals surface area contributed by atoms with Gasteiger partial charge in [0, 0.05) is 12.6 Å². The molecule has 0 bridgehead atoms. The molecule has 4 heteroatoms. The van der Waals surface area contributed by atoms with Gasteiger partial charge < -0.3 is 15.5 Å². The van der Waals surface area contributed by atoms with Crippen molar-refractivity contribution in [2.45, 2.75) is 0 Å². The van der Waals surface area contributed by atoms with Gasteiger partial charge in [0.1, 0.15) is 11.5 Å². The van der Waals surface area contributed by atoms with Crippen LogP contribution < -0.4 is 5.32 Å². The van der Waals surface area contributed by atoms with Gasteiger partial charge in [-0.3, -0.25) is 4.79 Å². The van der Waals surface area contributed by atoms with E-state index in [4.69, 9.17) is 0 Å². The first-order valence-corrected chi connectivity index (χ1v) is 4.73. The smallest absolute Gasteiger partial charge is 0.244 e. The predicted octanol–water partition coefficient (Wildman–Crippen LogP) is 1.41. The van der Waals surface area contributed by atoms with Crippen LogP contribution in [0.5, 0.6) is 11.5 Å². The lowest BCUT2D eigenvalue weighted by Gasteiger charge is -2.01. The number of phenols is 2. The highest BCUT2D eigenvalue weighted by molar-refractivity contribution is 5.92. The second kappa shape index (κ2) is 5.60. The normalized spacial score (nSPS) is 10.2. The molecule has 0 saturated carbocycles. The van der Waals surface area contributed by atoms with Gasteiger partial charge in [-0.25, -0.2) is 0 Å². The maximum absolute atomic E-state index is 11.2. The number of nitrogens with one attached hydrogen (secondary N) is 1. The summed E-state index contributed by atoms with van der Waals surface area (Å²) in [7, 11) is 0. The number of hydrogen-bond donors (Lipinski definition) is 3. The molecule has 0 unspecified atom stereocenters. The molecule has 0 aliphatic heterocycles. The fraction of sp³-hybridized carbons (Fsp3) is 0.0833. The van der Waals surface area contributed by atoms with Gasteiger partial charge in [0.15, 0.2) is 0 Å². The topological polar surface area (TPSA) is 69.6 Å². The second-order valence-electron chi connectivity index (χ2n) is 3.08. The Morgan fingerprint density at radius 1 is 1.38 bits per heavy atom. The number of carbonyl (C=O) groups is 1. The fourth-order valence-corrected chi connectivity index (χ4v) is 1.10. The summed E-state index contributed by atoms with van der Waals surface area (Å²) in [6, 6.07) is 4.38. The summed E-state index contributed by atoms with van der Waals surface area (Å²) in [5.41, 5.74) is 0.219. The molecule has 0 spiro atoms. The number of benzene rings is 1. The van der Waals surface area contributed by atoms with E-state index in [1.54, 1.807) is 6.08 Å². The molecule has 4 nitrogen and oxygen atoms in total. The van der Waals surface area contributed by atoms with Crippen LogP contribution in [0, 0.1) is 0 Å². The first-order chi connectivity index (χ1) is 7.65. The van der Waals surface area contributed by atoms with Gasteiger partial charge in [-0.2, -0.15) is 0 Å². The summed E-state index contributed by atoms with van der Waals surface area (Å²) in [6.45, 7) is 3.83. The molecule has 0 saturated heterocycles. The van der Waals surface area contributed by atoms with E-state index in [1.165, 1.54) is 30.4 Å². The van der Waals surface area contributed by atoms with E-state index in [0.717, 1.165) is 0 Å². The molecule has 0 heterocycles. The Kier molecular flexibility index (Phi) is 4.15. The third-order valence-electron chi connectivity index (χ3n) is 1.88. The van der Waals surface area contributed by atoms with Crippen molar-refractivity contribution >= 4 is 12.0 Å². The van der Waals surface area contributed by atoms with Crippen molar-refractivity contribution in [3.05, 3.63) is 42.5 Å². The second-order valence-corrected chi connectivity index (χ2v) is 3.08. The van der Waals surface area contributed by atoms with Crippen molar-refractivity contribution in [3.8, 4) is 11.5 Å². The van der Waals surface area contributed by atoms with Crippen molar-refractivity contribution in [2.75, 3.05) is 6.54 Å². The Morgan fingerprint density at radius 3 is 2.56 bits per heavy atom. The first-order valence-electron chi connectivity index (χ1n) is 4.73. The molecular formula is C12H13NO3. The summed E-state index contributed by atoms with van der Waals surface area (Å²) in [5, 5.41) is 21.4. The van der Waals surface area contributed by atoms with Crippen molar-refractivity contribution in [3.63, 3.8) is 0 Å². The van der Waals surface area contributed by atoms with Crippen molar-refractivity contribution in [1.82, 2.24) is 5.32 Å². The molecule has 1 amide bonds. The maximum atomic E-state index is 11.2. The van der Waals surface area contributed by atoms with Crippen molar-refractivity contribution in [2.24, 2.45) is 0 Å². The van der Waals surface area contributed by atoms with Crippen molar-refractivity contribution in [1.29, 1.82) is 0 Å². The standard InChI is InChI=1S/C12H13NO3/c1-2-8-13-12(16)7-6-9-10(14)4-3-5-11(9)15/h2-7,14-15H,1,8H2,(H,13,16)/b7-6+. The lowest BCUT2D eigenvalue weighted by Crippen LogP contribution is -2.20. The molecule has 84 valence electrons. The average Bonchev–Trinajstić information content (AvgIpc) is 2.25. The van der Waals surface area contributed by atoms with E-state index in [1.807, 2.05) is 0 Å². The summed E-state index contributed by atoms with van der Waals surface area (Å²) in [6.07, 6.45) is 4.14. The van der Waals surface area contributed by atoms with E-state index in [9.17, 15) is 15.0 Å². The summed E-state index contributed by atoms with van der Waals surface area (Å²) in [5.74, 6) is -0.469. The van der Waals surface area contributed by atoms with Gasteiger partial charge in [-0.15, -0.1) is 6.58 Å². The Bertz CT molecular complexity index is 404. The third-order valence-corrected chi connectivity index (χ3v) is 1.88. The van der Waals surface area contributed by atoms with Crippen LogP contribution in [0.15, 0.2) is 36.9 Å². The van der Waals surface area contributed by atoms with Crippen LogP contribution in [-0.2, 0) is 4.79 Å². The van der Waals surface area contributed by atoms with Gasteiger partial charge in [0.2, 0.25) is 5.91 Å². The van der Waals surface area contributed by atoms with E-state index in [0.29, 0.717) is 6.54 Å². The number of hydrogen-bond acceptors (Lipinski definition) is 3. The number of phenolic OH excluding ortho intramolecular Hbond substituents is 2. The Balaban J connectivity index is 2.76. The fourth-order valence-electron chi connectivity index (χ4n) is 1.10. The summed E-state index contributed by atoms with van der Waals surface area (Å²) >= 11 is 0. The highest BCUT2D eigenvalue weighted by atomic mass is 16.3. The van der Waals surface area contributed by atoms with E-state index in [2.05, 4.69) is 11.9 Å². The van der Waals surface area contributed by atoms with Gasteiger partial charge in [-0.05, 0) is 18.2 Å². The Morgan fingerprint density at radius 2 is 2.00 bits per heavy atom. The summed E-state index contributed by atoms with van der Waals surface area (Å²) < 4.78 is 0. The van der Waals surface area contributed by atoms with Crippen molar-refractivity contribution < 1.29 is 15.0 Å². The number of carbonyl (C=O) groups excluding carboxylic acids is 1. The van der Waals surface area contributed by atoms with Crippen LogP contribution in [0.1, 0.15) is 5.56 Å². The summed E-state index contributed by atoms with van der Waals surface area (Å²) in [4.78, 5) is 11.2. The molecule has 0 aromatic heterocycles. The van der Waals surface area contributed by atoms with Crippen LogP contribution in [0.4, 0.5) is 0 Å². The van der Waals surface area contributed by atoms with Crippen LogP contribution in [0.3, 0.4) is 0 Å². The molecule has 0 aliphatic carbocycles. The molecule has 1 aromatic rings. The Labute approximate surface area is 93.5 Å². The van der Waals surface area contributed by atoms with Crippen LogP contribution in [-0.4, -0.2) is 22.7 Å². The highest BCUT2D eigenvalue weighted by Crippen LogP contribution is 2.27. The van der Waals surface area contributed by atoms with Crippen LogP contribution in [0.2, 0.25) is 0 Å². The van der Waals surface area contributed by atoms with Gasteiger partial charge in [-0.1, -0.05) is 12.1 Å². The highest BCUT2D eigenvalue weighted by Gasteiger charge is 2.03. The quantitative estimate of drug-likeness (QED) is 0.529. The molecule has 16 heavy (non-hydrogen) atoms. The number of amides is 1.